The van der Waals surface area contributed by atoms with E-state index in [0.717, 1.165) is 15.8 Å². The second-order valence-corrected chi connectivity index (χ2v) is 4.74. The van der Waals surface area contributed by atoms with E-state index in [0.29, 0.717) is 5.11 Å². The van der Waals surface area contributed by atoms with Gasteiger partial charge in [-0.2, -0.15) is 10.1 Å². The number of nitrogens with one attached hydrogen (secondary N) is 1. The van der Waals surface area contributed by atoms with Gasteiger partial charge in [0.25, 0.3) is 5.91 Å². The summed E-state index contributed by atoms with van der Waals surface area (Å²) < 4.78 is 5.95. The number of halogens is 1. The van der Waals surface area contributed by atoms with Crippen LogP contribution in [0.2, 0.25) is 0 Å². The number of carbonyl (C=O) groups excluding carboxylic acids is 1. The topological polar surface area (TPSA) is 53.9 Å². The lowest BCUT2D eigenvalue weighted by Crippen LogP contribution is -2.25. The first-order valence-electron chi connectivity index (χ1n) is 5.10. The molecular weight excluding hydrogens is 318 g/mol. The van der Waals surface area contributed by atoms with Gasteiger partial charge < -0.3 is 10.1 Å². The molecule has 1 saturated heterocycles. The molecule has 0 atom stereocenters. The van der Waals surface area contributed by atoms with Crippen LogP contribution in [0.15, 0.2) is 27.8 Å². The molecule has 1 heterocycles. The average Bonchev–Trinajstić information content (AvgIpc) is 2.67. The number of benzene rings is 1. The van der Waals surface area contributed by atoms with Gasteiger partial charge in [0.15, 0.2) is 5.11 Å². The van der Waals surface area contributed by atoms with Crippen LogP contribution >= 0.6 is 28.1 Å². The Morgan fingerprint density at radius 3 is 2.94 bits per heavy atom. The van der Waals surface area contributed by atoms with Crippen molar-refractivity contribution in [2.45, 2.75) is 0 Å². The molecule has 1 fully saturated rings. The summed E-state index contributed by atoms with van der Waals surface area (Å²) in [4.78, 5) is 11.4. The Hall–Kier alpha value is -1.47. The summed E-state index contributed by atoms with van der Waals surface area (Å²) in [7, 11) is 1.60. The van der Waals surface area contributed by atoms with E-state index >= 15 is 0 Å². The maximum atomic E-state index is 11.4. The van der Waals surface area contributed by atoms with Crippen LogP contribution < -0.4 is 10.1 Å². The molecule has 0 spiro atoms. The number of hydrogen-bond donors (Lipinski definition) is 1. The SMILES string of the molecule is COc1ccc(/C=N/N2C(=O)CNC2=S)cc1Br. The van der Waals surface area contributed by atoms with E-state index in [1.807, 2.05) is 18.2 Å². The van der Waals surface area contributed by atoms with Crippen LogP contribution in [0.25, 0.3) is 0 Å². The second kappa shape index (κ2) is 5.45. The van der Waals surface area contributed by atoms with Gasteiger partial charge in [0, 0.05) is 0 Å². The number of hydrazone groups is 1. The van der Waals surface area contributed by atoms with E-state index in [2.05, 4.69) is 26.3 Å². The highest BCUT2D eigenvalue weighted by atomic mass is 79.9. The highest BCUT2D eigenvalue weighted by Crippen LogP contribution is 2.24. The van der Waals surface area contributed by atoms with Crippen molar-refractivity contribution in [3.8, 4) is 5.75 Å². The molecule has 1 amide bonds. The fourth-order valence-electron chi connectivity index (χ4n) is 1.42. The molecule has 1 aromatic rings. The lowest BCUT2D eigenvalue weighted by Gasteiger charge is -2.07. The van der Waals surface area contributed by atoms with Gasteiger partial charge in [0.05, 0.1) is 24.3 Å². The Balaban J connectivity index is 2.16. The quantitative estimate of drug-likeness (QED) is 0.675. The Morgan fingerprint density at radius 1 is 1.61 bits per heavy atom. The summed E-state index contributed by atoms with van der Waals surface area (Å²) in [6, 6.07) is 5.50. The van der Waals surface area contributed by atoms with Crippen LogP contribution in [0.4, 0.5) is 0 Å². The van der Waals surface area contributed by atoms with Crippen LogP contribution in [-0.2, 0) is 4.79 Å². The predicted molar refractivity (Wildman–Crippen MR) is 75.7 cm³/mol. The molecule has 0 unspecified atom stereocenters. The van der Waals surface area contributed by atoms with Crippen molar-refractivity contribution < 1.29 is 9.53 Å². The van der Waals surface area contributed by atoms with Crippen LogP contribution in [0.3, 0.4) is 0 Å². The summed E-state index contributed by atoms with van der Waals surface area (Å²) in [6.07, 6.45) is 1.57. The first-order chi connectivity index (χ1) is 8.61. The Kier molecular flexibility index (Phi) is 3.93. The van der Waals surface area contributed by atoms with Gasteiger partial charge in [-0.05, 0) is 51.9 Å². The van der Waals surface area contributed by atoms with Gasteiger partial charge >= 0.3 is 0 Å². The van der Waals surface area contributed by atoms with E-state index in [1.165, 1.54) is 5.01 Å². The van der Waals surface area contributed by atoms with Gasteiger partial charge in [-0.15, -0.1) is 0 Å². The Morgan fingerprint density at radius 2 is 2.39 bits per heavy atom. The zero-order valence-electron chi connectivity index (χ0n) is 9.51. The van der Waals surface area contributed by atoms with Crippen molar-refractivity contribution in [3.63, 3.8) is 0 Å². The molecule has 1 aliphatic heterocycles. The molecular formula is C11H10BrN3O2S. The minimum Gasteiger partial charge on any atom is -0.496 e. The van der Waals surface area contributed by atoms with E-state index in [9.17, 15) is 4.79 Å². The first-order valence-corrected chi connectivity index (χ1v) is 6.30. The molecule has 94 valence electrons. The number of carbonyl (C=O) groups is 1. The van der Waals surface area contributed by atoms with E-state index in [1.54, 1.807) is 13.3 Å². The fourth-order valence-corrected chi connectivity index (χ4v) is 2.20. The summed E-state index contributed by atoms with van der Waals surface area (Å²) in [5.74, 6) is 0.574. The predicted octanol–water partition coefficient (Wildman–Crippen LogP) is 1.51. The number of hydrogen-bond acceptors (Lipinski definition) is 4. The standard InChI is InChI=1S/C11H10BrN3O2S/c1-17-9-3-2-7(4-8(9)12)5-14-15-10(16)6-13-11(15)18/h2-5H,6H2,1H3,(H,13,18)/b14-5+. The van der Waals surface area contributed by atoms with Crippen LogP contribution in [0.1, 0.15) is 5.56 Å². The maximum absolute atomic E-state index is 11.4. The monoisotopic (exact) mass is 327 g/mol. The average molecular weight is 328 g/mol. The van der Waals surface area contributed by atoms with Gasteiger partial charge in [0.1, 0.15) is 5.75 Å². The second-order valence-electron chi connectivity index (χ2n) is 3.50. The fraction of sp³-hybridized carbons (Fsp3) is 0.182. The largest absolute Gasteiger partial charge is 0.496 e. The van der Waals surface area contributed by atoms with Crippen LogP contribution in [0, 0.1) is 0 Å². The van der Waals surface area contributed by atoms with Crippen LogP contribution in [-0.4, -0.2) is 35.9 Å². The van der Waals surface area contributed by atoms with E-state index < -0.39 is 0 Å². The lowest BCUT2D eigenvalue weighted by atomic mass is 10.2. The normalized spacial score (nSPS) is 15.3. The van der Waals surface area contributed by atoms with Gasteiger partial charge in [-0.3, -0.25) is 4.79 Å². The Bertz CT molecular complexity index is 517. The third kappa shape index (κ3) is 2.68. The molecule has 0 aliphatic carbocycles. The molecule has 0 bridgehead atoms. The first kappa shape index (κ1) is 13.0. The van der Waals surface area contributed by atoms with Gasteiger partial charge in [-0.25, -0.2) is 0 Å². The molecule has 7 heteroatoms. The molecule has 0 radical (unpaired) electrons. The van der Waals surface area contributed by atoms with E-state index in [-0.39, 0.29) is 12.5 Å². The van der Waals surface area contributed by atoms with Crippen molar-refractivity contribution in [2.75, 3.05) is 13.7 Å². The number of amides is 1. The zero-order chi connectivity index (χ0) is 13.1. The summed E-state index contributed by atoms with van der Waals surface area (Å²) in [6.45, 7) is 0.197. The molecule has 0 aromatic heterocycles. The van der Waals surface area contributed by atoms with Crippen molar-refractivity contribution in [1.29, 1.82) is 0 Å². The zero-order valence-corrected chi connectivity index (χ0v) is 11.9. The van der Waals surface area contributed by atoms with Crippen molar-refractivity contribution in [3.05, 3.63) is 28.2 Å². The maximum Gasteiger partial charge on any atom is 0.268 e. The number of ether oxygens (including phenoxy) is 1. The molecule has 1 aliphatic rings. The third-order valence-corrected chi connectivity index (χ3v) is 3.25. The molecule has 2 rings (SSSR count). The van der Waals surface area contributed by atoms with Gasteiger partial charge in [-0.1, -0.05) is 0 Å². The minimum atomic E-state index is -0.163. The molecule has 0 saturated carbocycles. The minimum absolute atomic E-state index is 0.163. The number of nitrogens with zero attached hydrogens (tertiary/aromatic N) is 2. The van der Waals surface area contributed by atoms with Crippen molar-refractivity contribution >= 4 is 45.4 Å². The van der Waals surface area contributed by atoms with E-state index in [4.69, 9.17) is 17.0 Å². The summed E-state index contributed by atoms with van der Waals surface area (Å²) in [5.41, 5.74) is 0.838. The lowest BCUT2D eigenvalue weighted by molar-refractivity contribution is -0.124. The van der Waals surface area contributed by atoms with Crippen molar-refractivity contribution in [2.24, 2.45) is 5.10 Å². The number of rotatable bonds is 3. The third-order valence-electron chi connectivity index (χ3n) is 2.32. The van der Waals surface area contributed by atoms with Crippen molar-refractivity contribution in [1.82, 2.24) is 10.3 Å². The molecule has 5 nitrogen and oxygen atoms in total. The smallest absolute Gasteiger partial charge is 0.268 e. The molecule has 18 heavy (non-hydrogen) atoms. The summed E-state index contributed by atoms with van der Waals surface area (Å²) in [5, 5.41) is 8.29. The molecule has 1 N–H and O–H groups in total. The number of methoxy groups -OCH3 is 1. The van der Waals surface area contributed by atoms with Crippen LogP contribution in [0.5, 0.6) is 5.75 Å². The Labute approximate surface area is 118 Å². The summed E-state index contributed by atoms with van der Waals surface area (Å²) >= 11 is 8.33. The highest BCUT2D eigenvalue weighted by molar-refractivity contribution is 9.10. The molecule has 1 aromatic carbocycles. The number of thiocarbonyl (C=S) groups is 1. The van der Waals surface area contributed by atoms with Gasteiger partial charge in [0.2, 0.25) is 0 Å². The highest BCUT2D eigenvalue weighted by Gasteiger charge is 2.24.